The van der Waals surface area contributed by atoms with Gasteiger partial charge in [0.15, 0.2) is 0 Å². The van der Waals surface area contributed by atoms with Crippen molar-refractivity contribution in [1.29, 1.82) is 0 Å². The molecule has 94 valence electrons. The maximum Gasteiger partial charge on any atom is 0.223 e. The Kier molecular flexibility index (Phi) is 3.69. The Morgan fingerprint density at radius 1 is 1.35 bits per heavy atom. The first-order chi connectivity index (χ1) is 8.06. The first kappa shape index (κ1) is 12.4. The number of hydrogen-bond donors (Lipinski definition) is 2. The number of hydrazine groups is 1. The zero-order valence-electron chi connectivity index (χ0n) is 10.2. The molecule has 6 heteroatoms. The maximum atomic E-state index is 5.85. The first-order valence-electron chi connectivity index (χ1n) is 5.91. The number of hydrogen-bond acceptors (Lipinski definition) is 5. The SMILES string of the molecule is CC1CCCC(C)N1Nc1cc(Cl)nc(N)n1. The lowest BCUT2D eigenvalue weighted by atomic mass is 10.00. The average molecular weight is 256 g/mol. The van der Waals surface area contributed by atoms with Gasteiger partial charge in [-0.1, -0.05) is 18.0 Å². The standard InChI is InChI=1S/C11H18ClN5/c1-7-4-3-5-8(2)17(7)16-10-6-9(12)14-11(13)15-10/h6-8H,3-5H2,1-2H3,(H3,13,14,15,16). The lowest BCUT2D eigenvalue weighted by Crippen LogP contribution is -2.47. The second-order valence-corrected chi connectivity index (χ2v) is 4.97. The molecule has 2 heterocycles. The summed E-state index contributed by atoms with van der Waals surface area (Å²) in [6.07, 6.45) is 3.64. The number of aromatic nitrogens is 2. The number of rotatable bonds is 2. The van der Waals surface area contributed by atoms with E-state index in [2.05, 4.69) is 34.3 Å². The van der Waals surface area contributed by atoms with Crippen LogP contribution in [-0.4, -0.2) is 27.1 Å². The molecule has 0 amide bonds. The molecule has 0 saturated carbocycles. The van der Waals surface area contributed by atoms with E-state index in [1.807, 2.05) is 0 Å². The molecule has 1 fully saturated rings. The zero-order valence-corrected chi connectivity index (χ0v) is 10.9. The van der Waals surface area contributed by atoms with Crippen molar-refractivity contribution in [3.8, 4) is 0 Å². The third-order valence-electron chi connectivity index (χ3n) is 3.15. The summed E-state index contributed by atoms with van der Waals surface area (Å²) in [6.45, 7) is 4.41. The Hall–Kier alpha value is -1.07. The van der Waals surface area contributed by atoms with Crippen molar-refractivity contribution in [3.05, 3.63) is 11.2 Å². The summed E-state index contributed by atoms with van der Waals surface area (Å²) in [7, 11) is 0. The molecule has 0 bridgehead atoms. The van der Waals surface area contributed by atoms with E-state index in [4.69, 9.17) is 17.3 Å². The van der Waals surface area contributed by atoms with Crippen LogP contribution in [0.25, 0.3) is 0 Å². The zero-order chi connectivity index (χ0) is 12.4. The summed E-state index contributed by atoms with van der Waals surface area (Å²) in [5, 5.41) is 2.57. The molecule has 1 aromatic heterocycles. The molecule has 2 unspecified atom stereocenters. The highest BCUT2D eigenvalue weighted by Gasteiger charge is 2.25. The predicted octanol–water partition coefficient (Wildman–Crippen LogP) is 2.30. The van der Waals surface area contributed by atoms with Gasteiger partial charge in [0.1, 0.15) is 11.0 Å². The Balaban J connectivity index is 2.13. The van der Waals surface area contributed by atoms with Gasteiger partial charge in [0.25, 0.3) is 0 Å². The molecule has 2 atom stereocenters. The van der Waals surface area contributed by atoms with E-state index in [1.165, 1.54) is 19.3 Å². The smallest absolute Gasteiger partial charge is 0.223 e. The fraction of sp³-hybridized carbons (Fsp3) is 0.636. The van der Waals surface area contributed by atoms with Crippen LogP contribution < -0.4 is 11.2 Å². The highest BCUT2D eigenvalue weighted by molar-refractivity contribution is 6.29. The van der Waals surface area contributed by atoms with Gasteiger partial charge in [-0.05, 0) is 26.7 Å². The van der Waals surface area contributed by atoms with Crippen molar-refractivity contribution in [2.75, 3.05) is 11.2 Å². The molecule has 0 radical (unpaired) electrons. The first-order valence-corrected chi connectivity index (χ1v) is 6.29. The van der Waals surface area contributed by atoms with Crippen LogP contribution in [-0.2, 0) is 0 Å². The van der Waals surface area contributed by atoms with E-state index >= 15 is 0 Å². The minimum atomic E-state index is 0.192. The lowest BCUT2D eigenvalue weighted by Gasteiger charge is -2.39. The molecule has 3 N–H and O–H groups in total. The van der Waals surface area contributed by atoms with E-state index in [1.54, 1.807) is 6.07 Å². The van der Waals surface area contributed by atoms with Crippen molar-refractivity contribution < 1.29 is 0 Å². The van der Waals surface area contributed by atoms with Gasteiger partial charge < -0.3 is 11.2 Å². The predicted molar refractivity (Wildman–Crippen MR) is 69.7 cm³/mol. The van der Waals surface area contributed by atoms with Gasteiger partial charge in [-0.15, -0.1) is 0 Å². The molecule has 17 heavy (non-hydrogen) atoms. The summed E-state index contributed by atoms with van der Waals surface area (Å²) in [6, 6.07) is 2.65. The van der Waals surface area contributed by atoms with Gasteiger partial charge in [-0.25, -0.2) is 9.99 Å². The molecule has 1 saturated heterocycles. The van der Waals surface area contributed by atoms with Crippen molar-refractivity contribution in [2.45, 2.75) is 45.2 Å². The Morgan fingerprint density at radius 2 is 2.00 bits per heavy atom. The fourth-order valence-electron chi connectivity index (χ4n) is 2.27. The van der Waals surface area contributed by atoms with Crippen molar-refractivity contribution >= 4 is 23.4 Å². The lowest BCUT2D eigenvalue weighted by molar-refractivity contribution is 0.135. The number of anilines is 2. The number of nitrogens with one attached hydrogen (secondary N) is 1. The van der Waals surface area contributed by atoms with Crippen LogP contribution in [0.2, 0.25) is 5.15 Å². The Labute approximate surface area is 106 Å². The summed E-state index contributed by atoms with van der Waals surface area (Å²) in [5.74, 6) is 0.848. The third kappa shape index (κ3) is 2.98. The highest BCUT2D eigenvalue weighted by Crippen LogP contribution is 2.23. The monoisotopic (exact) mass is 255 g/mol. The van der Waals surface area contributed by atoms with E-state index in [0.29, 0.717) is 23.1 Å². The third-order valence-corrected chi connectivity index (χ3v) is 3.34. The minimum Gasteiger partial charge on any atom is -0.368 e. The Morgan fingerprint density at radius 3 is 2.59 bits per heavy atom. The molecule has 2 rings (SSSR count). The van der Waals surface area contributed by atoms with Crippen LogP contribution in [0, 0.1) is 0 Å². The van der Waals surface area contributed by atoms with Crippen LogP contribution in [0.1, 0.15) is 33.1 Å². The Bertz CT molecular complexity index is 367. The van der Waals surface area contributed by atoms with E-state index < -0.39 is 0 Å². The fourth-order valence-corrected chi connectivity index (χ4v) is 2.46. The largest absolute Gasteiger partial charge is 0.368 e. The average Bonchev–Trinajstić information content (AvgIpc) is 2.22. The maximum absolute atomic E-state index is 5.85. The number of nitrogens with zero attached hydrogens (tertiary/aromatic N) is 3. The topological polar surface area (TPSA) is 67.1 Å². The van der Waals surface area contributed by atoms with Gasteiger partial charge in [0.05, 0.1) is 0 Å². The molecular formula is C11H18ClN5. The summed E-state index contributed by atoms with van der Waals surface area (Å²) in [5.41, 5.74) is 8.85. The molecule has 0 spiro atoms. The molecule has 1 aromatic rings. The second-order valence-electron chi connectivity index (χ2n) is 4.58. The van der Waals surface area contributed by atoms with Crippen LogP contribution in [0.4, 0.5) is 11.8 Å². The van der Waals surface area contributed by atoms with Crippen LogP contribution >= 0.6 is 11.6 Å². The molecule has 1 aliphatic rings. The van der Waals surface area contributed by atoms with E-state index in [9.17, 15) is 0 Å². The summed E-state index contributed by atoms with van der Waals surface area (Å²) in [4.78, 5) is 7.97. The summed E-state index contributed by atoms with van der Waals surface area (Å²) >= 11 is 5.85. The molecule has 1 aliphatic heterocycles. The van der Waals surface area contributed by atoms with Gasteiger partial charge in [-0.3, -0.25) is 0 Å². The molecular weight excluding hydrogens is 238 g/mol. The quantitative estimate of drug-likeness (QED) is 0.794. The van der Waals surface area contributed by atoms with Crippen LogP contribution in [0.5, 0.6) is 0 Å². The van der Waals surface area contributed by atoms with Gasteiger partial charge in [-0.2, -0.15) is 4.98 Å². The molecule has 0 aliphatic carbocycles. The number of halogens is 1. The van der Waals surface area contributed by atoms with Crippen molar-refractivity contribution in [3.63, 3.8) is 0 Å². The molecule has 0 aromatic carbocycles. The normalized spacial score (nSPS) is 25.8. The van der Waals surface area contributed by atoms with Gasteiger partial charge >= 0.3 is 0 Å². The van der Waals surface area contributed by atoms with Crippen LogP contribution in [0.15, 0.2) is 6.07 Å². The summed E-state index contributed by atoms with van der Waals surface area (Å²) < 4.78 is 0. The van der Waals surface area contributed by atoms with Crippen molar-refractivity contribution in [1.82, 2.24) is 15.0 Å². The second kappa shape index (κ2) is 5.06. The number of nitrogen functional groups attached to an aromatic ring is 1. The highest BCUT2D eigenvalue weighted by atomic mass is 35.5. The van der Waals surface area contributed by atoms with Gasteiger partial charge in [0.2, 0.25) is 5.95 Å². The van der Waals surface area contributed by atoms with Crippen LogP contribution in [0.3, 0.4) is 0 Å². The minimum absolute atomic E-state index is 0.192. The van der Waals surface area contributed by atoms with E-state index in [-0.39, 0.29) is 5.95 Å². The van der Waals surface area contributed by atoms with E-state index in [0.717, 1.165) is 0 Å². The number of nitrogens with two attached hydrogens (primary N) is 1. The number of piperidine rings is 1. The van der Waals surface area contributed by atoms with Gasteiger partial charge in [0, 0.05) is 18.2 Å². The molecule has 5 nitrogen and oxygen atoms in total. The van der Waals surface area contributed by atoms with Crippen molar-refractivity contribution in [2.24, 2.45) is 0 Å².